The minimum Gasteiger partial charge on any atom is -0.456 e. The standard InChI is InChI=1S/C25H26ClF4N5O5S/c1-32-19-8-10-35(11-9-33-21(36)14-41(2,37)38)22(19)23(31)34-15-6-7-20(18(26)12-15)39-16-4-3-5-17(13-16)40-25(29,30)24(27)28/h3-8,10,12-13,24,32H,9,11,14H2,1-2H3,(H2,31,34)(H,33,36). The molecular weight excluding hydrogens is 594 g/mol. The number of nitrogens with one attached hydrogen (secondary N) is 2. The molecule has 0 fully saturated rings. The second-order valence-corrected chi connectivity index (χ2v) is 11.1. The molecule has 0 aliphatic heterocycles. The normalized spacial score (nSPS) is 12.3. The molecule has 0 aliphatic rings. The van der Waals surface area contributed by atoms with Gasteiger partial charge in [0.05, 0.1) is 16.4 Å². The van der Waals surface area contributed by atoms with Gasteiger partial charge in [0.15, 0.2) is 9.84 Å². The summed E-state index contributed by atoms with van der Waals surface area (Å²) >= 11 is 6.32. The van der Waals surface area contributed by atoms with Crippen LogP contribution in [-0.2, 0) is 21.2 Å². The van der Waals surface area contributed by atoms with Crippen molar-refractivity contribution >= 4 is 44.6 Å². The van der Waals surface area contributed by atoms with Crippen molar-refractivity contribution in [2.75, 3.05) is 30.9 Å². The monoisotopic (exact) mass is 619 g/mol. The van der Waals surface area contributed by atoms with Gasteiger partial charge in [0.25, 0.3) is 0 Å². The first-order chi connectivity index (χ1) is 19.2. The van der Waals surface area contributed by atoms with E-state index < -0.39 is 39.8 Å². The third-order valence-corrected chi connectivity index (χ3v) is 6.33. The Labute approximate surface area is 238 Å². The Hall–Kier alpha value is -3.98. The number of carbonyl (C=O) groups excluding carboxylic acids is 1. The molecule has 222 valence electrons. The Morgan fingerprint density at radius 3 is 2.51 bits per heavy atom. The summed E-state index contributed by atoms with van der Waals surface area (Å²) in [5.74, 6) is -1.56. The number of aliphatic imine (C=N–C) groups is 1. The van der Waals surface area contributed by atoms with Crippen molar-refractivity contribution < 1.29 is 40.2 Å². The van der Waals surface area contributed by atoms with E-state index in [4.69, 9.17) is 22.1 Å². The Morgan fingerprint density at radius 2 is 1.88 bits per heavy atom. The molecular formula is C25H26ClF4N5O5S. The minimum atomic E-state index is -4.67. The number of anilines is 1. The molecule has 0 unspecified atom stereocenters. The van der Waals surface area contributed by atoms with E-state index in [2.05, 4.69) is 20.4 Å². The van der Waals surface area contributed by atoms with Crippen LogP contribution in [0.25, 0.3) is 0 Å². The Kier molecular flexibility index (Phi) is 10.1. The van der Waals surface area contributed by atoms with Gasteiger partial charge >= 0.3 is 12.5 Å². The highest BCUT2D eigenvalue weighted by Crippen LogP contribution is 2.35. The van der Waals surface area contributed by atoms with Crippen molar-refractivity contribution in [1.29, 1.82) is 0 Å². The number of alkyl halides is 4. The van der Waals surface area contributed by atoms with Gasteiger partial charge in [-0.25, -0.2) is 13.4 Å². The fourth-order valence-electron chi connectivity index (χ4n) is 3.51. The Bertz CT molecular complexity index is 1530. The first-order valence-corrected chi connectivity index (χ1v) is 14.2. The number of hydrogen-bond acceptors (Lipinski definition) is 7. The molecule has 0 spiro atoms. The van der Waals surface area contributed by atoms with E-state index in [1.54, 1.807) is 23.9 Å². The van der Waals surface area contributed by atoms with E-state index in [0.717, 1.165) is 18.4 Å². The van der Waals surface area contributed by atoms with Crippen LogP contribution in [0.1, 0.15) is 5.69 Å². The molecule has 10 nitrogen and oxygen atoms in total. The summed E-state index contributed by atoms with van der Waals surface area (Å²) in [5, 5.41) is 5.61. The van der Waals surface area contributed by atoms with Crippen LogP contribution >= 0.6 is 11.6 Å². The first-order valence-electron chi connectivity index (χ1n) is 11.8. The van der Waals surface area contributed by atoms with E-state index in [9.17, 15) is 30.8 Å². The van der Waals surface area contributed by atoms with Gasteiger partial charge in [-0.2, -0.15) is 17.6 Å². The van der Waals surface area contributed by atoms with Gasteiger partial charge in [0.2, 0.25) is 5.91 Å². The number of hydrogen-bond donors (Lipinski definition) is 3. The maximum atomic E-state index is 13.2. The van der Waals surface area contributed by atoms with Crippen LogP contribution in [0.2, 0.25) is 5.02 Å². The largest absolute Gasteiger partial charge is 0.461 e. The summed E-state index contributed by atoms with van der Waals surface area (Å²) in [7, 11) is -1.77. The van der Waals surface area contributed by atoms with Crippen molar-refractivity contribution in [3.8, 4) is 17.2 Å². The molecule has 16 heteroatoms. The topological polar surface area (TPSA) is 137 Å². The lowest BCUT2D eigenvalue weighted by Crippen LogP contribution is -2.33. The Balaban J connectivity index is 1.74. The number of aromatic nitrogens is 1. The highest BCUT2D eigenvalue weighted by Gasteiger charge is 2.44. The zero-order valence-electron chi connectivity index (χ0n) is 21.7. The van der Waals surface area contributed by atoms with E-state index >= 15 is 0 Å². The molecule has 1 aromatic heterocycles. The molecule has 0 radical (unpaired) electrons. The highest BCUT2D eigenvalue weighted by atomic mass is 35.5. The van der Waals surface area contributed by atoms with Crippen molar-refractivity contribution in [3.05, 3.63) is 65.4 Å². The highest BCUT2D eigenvalue weighted by molar-refractivity contribution is 7.91. The molecule has 4 N–H and O–H groups in total. The molecule has 0 bridgehead atoms. The molecule has 0 atom stereocenters. The van der Waals surface area contributed by atoms with Crippen molar-refractivity contribution in [3.63, 3.8) is 0 Å². The van der Waals surface area contributed by atoms with Gasteiger partial charge in [-0.3, -0.25) is 4.79 Å². The molecule has 41 heavy (non-hydrogen) atoms. The van der Waals surface area contributed by atoms with Crippen LogP contribution in [0.5, 0.6) is 17.2 Å². The first kappa shape index (κ1) is 31.5. The van der Waals surface area contributed by atoms with Gasteiger partial charge in [0, 0.05) is 38.7 Å². The quantitative estimate of drug-likeness (QED) is 0.146. The number of carbonyl (C=O) groups is 1. The number of amidine groups is 1. The van der Waals surface area contributed by atoms with Gasteiger partial charge < -0.3 is 30.4 Å². The van der Waals surface area contributed by atoms with Crippen LogP contribution in [0.4, 0.5) is 28.9 Å². The lowest BCUT2D eigenvalue weighted by Gasteiger charge is -2.17. The van der Waals surface area contributed by atoms with Crippen LogP contribution in [-0.4, -0.2) is 62.9 Å². The summed E-state index contributed by atoms with van der Waals surface area (Å²) in [6.07, 6.45) is -6.00. The van der Waals surface area contributed by atoms with Gasteiger partial charge in [-0.15, -0.1) is 0 Å². The maximum absolute atomic E-state index is 13.2. The summed E-state index contributed by atoms with van der Waals surface area (Å²) < 4.78 is 85.3. The van der Waals surface area contributed by atoms with Crippen molar-refractivity contribution in [1.82, 2.24) is 9.88 Å². The molecule has 1 amide bonds. The van der Waals surface area contributed by atoms with E-state index in [1.165, 1.54) is 30.3 Å². The average molecular weight is 620 g/mol. The zero-order chi connectivity index (χ0) is 30.4. The second-order valence-electron chi connectivity index (χ2n) is 8.59. The third-order valence-electron chi connectivity index (χ3n) is 5.25. The number of halogens is 5. The molecule has 0 saturated heterocycles. The number of ether oxygens (including phenoxy) is 2. The summed E-state index contributed by atoms with van der Waals surface area (Å²) in [5.41, 5.74) is 7.76. The fourth-order valence-corrected chi connectivity index (χ4v) is 4.31. The fraction of sp³-hybridized carbons (Fsp3) is 0.280. The van der Waals surface area contributed by atoms with Crippen LogP contribution in [0, 0.1) is 0 Å². The van der Waals surface area contributed by atoms with Crippen LogP contribution < -0.4 is 25.8 Å². The number of rotatable bonds is 13. The number of amides is 1. The molecule has 0 saturated carbocycles. The van der Waals surface area contributed by atoms with E-state index in [-0.39, 0.29) is 35.4 Å². The van der Waals surface area contributed by atoms with Crippen LogP contribution in [0.15, 0.2) is 59.7 Å². The zero-order valence-corrected chi connectivity index (χ0v) is 23.3. The average Bonchev–Trinajstić information content (AvgIpc) is 3.27. The number of sulfone groups is 1. The second kappa shape index (κ2) is 13.1. The maximum Gasteiger partial charge on any atom is 0.461 e. The number of benzene rings is 2. The van der Waals surface area contributed by atoms with Gasteiger partial charge in [-0.1, -0.05) is 17.7 Å². The molecule has 3 aromatic rings. The van der Waals surface area contributed by atoms with Crippen LogP contribution in [0.3, 0.4) is 0 Å². The predicted molar refractivity (Wildman–Crippen MR) is 147 cm³/mol. The summed E-state index contributed by atoms with van der Waals surface area (Å²) in [4.78, 5) is 16.2. The SMILES string of the molecule is CNc1ccn(CCNC(=O)CS(C)(=O)=O)c1C(N)=Nc1ccc(Oc2cccc(OC(F)(F)C(F)F)c2)c(Cl)c1. The van der Waals surface area contributed by atoms with E-state index in [1.807, 2.05) is 0 Å². The van der Waals surface area contributed by atoms with Gasteiger partial charge in [0.1, 0.15) is 34.5 Å². The lowest BCUT2D eigenvalue weighted by atomic mass is 10.2. The minimum absolute atomic E-state index is 0.00495. The predicted octanol–water partition coefficient (Wildman–Crippen LogP) is 4.41. The van der Waals surface area contributed by atoms with Crippen molar-refractivity contribution in [2.24, 2.45) is 10.7 Å². The third kappa shape index (κ3) is 9.01. The van der Waals surface area contributed by atoms with Crippen molar-refractivity contribution in [2.45, 2.75) is 19.1 Å². The Morgan fingerprint density at radius 1 is 1.17 bits per heavy atom. The molecule has 0 aliphatic carbocycles. The smallest absolute Gasteiger partial charge is 0.456 e. The molecule has 2 aromatic carbocycles. The number of nitrogens with two attached hydrogens (primary N) is 1. The summed E-state index contributed by atoms with van der Waals surface area (Å²) in [6, 6.07) is 10.9. The van der Waals surface area contributed by atoms with E-state index in [0.29, 0.717) is 17.1 Å². The molecule has 1 heterocycles. The van der Waals surface area contributed by atoms with Gasteiger partial charge in [-0.05, 0) is 36.4 Å². The summed E-state index contributed by atoms with van der Waals surface area (Å²) in [6.45, 7) is 0.401. The number of nitrogens with zero attached hydrogens (tertiary/aromatic N) is 2. The molecule has 3 rings (SSSR count). The lowest BCUT2D eigenvalue weighted by molar-refractivity contribution is -0.253.